The van der Waals surface area contributed by atoms with E-state index in [2.05, 4.69) is 5.32 Å². The summed E-state index contributed by atoms with van der Waals surface area (Å²) in [7, 11) is 0.0950. The largest absolute Gasteiger partial charge is 0.477 e. The molecule has 6 rings (SSSR count). The number of fused-ring (bicyclic) bond motifs is 2. The van der Waals surface area contributed by atoms with Crippen LogP contribution in [0.1, 0.15) is 36.2 Å². The van der Waals surface area contributed by atoms with Crippen LogP contribution in [0.5, 0.6) is 0 Å². The Balaban J connectivity index is 1.51. The average Bonchev–Trinajstić information content (AvgIpc) is 3.71. The first-order chi connectivity index (χ1) is 19.9. The number of hydrogen-bond acceptors (Lipinski definition) is 9. The van der Waals surface area contributed by atoms with Crippen LogP contribution in [0, 0.1) is 11.6 Å². The molecule has 2 saturated heterocycles. The average molecular weight is 626 g/mol. The van der Waals surface area contributed by atoms with E-state index in [0.29, 0.717) is 39.0 Å². The minimum absolute atomic E-state index is 0.180. The number of nitrogens with one attached hydrogen (secondary N) is 1. The minimum Gasteiger partial charge on any atom is -0.477 e. The fourth-order valence-corrected chi connectivity index (χ4v) is 9.40. The molecule has 0 spiro atoms. The smallest absolute Gasteiger partial charge is 0.354 e. The molecule has 1 aromatic carbocycles. The first kappa shape index (κ1) is 28.9. The molecule has 4 atom stereocenters. The fourth-order valence-electron chi connectivity index (χ4n) is 5.77. The van der Waals surface area contributed by atoms with Gasteiger partial charge in [-0.3, -0.25) is 9.10 Å². The fraction of sp³-hybridized carbons (Fsp3) is 0.500. The zero-order valence-electron chi connectivity index (χ0n) is 22.7. The Hall–Kier alpha value is -3.21. The van der Waals surface area contributed by atoms with E-state index >= 15 is 8.78 Å². The van der Waals surface area contributed by atoms with E-state index in [0.717, 1.165) is 18.0 Å². The molecule has 16 heteroatoms. The van der Waals surface area contributed by atoms with Crippen LogP contribution in [0.2, 0.25) is 0 Å². The number of carbonyl (C=O) groups is 2. The van der Waals surface area contributed by atoms with Crippen LogP contribution < -0.4 is 15.6 Å². The molecule has 1 aliphatic carbocycles. The Labute approximate surface area is 245 Å². The number of pyridine rings is 1. The van der Waals surface area contributed by atoms with Gasteiger partial charge in [0, 0.05) is 49.9 Å². The number of rotatable bonds is 8. The highest BCUT2D eigenvalue weighted by molar-refractivity contribution is 8.06. The number of carboxylic acids is 2. The highest BCUT2D eigenvalue weighted by Crippen LogP contribution is 2.50. The molecule has 42 heavy (non-hydrogen) atoms. The van der Waals surface area contributed by atoms with Crippen molar-refractivity contribution in [1.82, 2.24) is 13.8 Å². The van der Waals surface area contributed by atoms with Gasteiger partial charge in [-0.25, -0.2) is 22.6 Å². The number of nitrogens with zero attached hydrogens (tertiary/aromatic N) is 4. The number of thioether (sulfide) groups is 1. The van der Waals surface area contributed by atoms with E-state index in [-0.39, 0.29) is 34.4 Å². The molecule has 12 nitrogen and oxygen atoms in total. The van der Waals surface area contributed by atoms with Crippen molar-refractivity contribution in [2.45, 2.75) is 42.5 Å². The third-order valence-electron chi connectivity index (χ3n) is 8.11. The van der Waals surface area contributed by atoms with Gasteiger partial charge in [-0.2, -0.15) is 0 Å². The Morgan fingerprint density at radius 1 is 1.14 bits per heavy atom. The quantitative estimate of drug-likeness (QED) is 0.338. The van der Waals surface area contributed by atoms with Gasteiger partial charge in [-0.05, 0) is 26.8 Å². The van der Waals surface area contributed by atoms with Gasteiger partial charge in [0.05, 0.1) is 22.7 Å². The van der Waals surface area contributed by atoms with Crippen molar-refractivity contribution < 1.29 is 37.9 Å². The molecule has 3 fully saturated rings. The third-order valence-corrected chi connectivity index (χ3v) is 11.7. The number of aromatic carboxylic acids is 1. The number of aliphatic hydroxyl groups excluding tert-OH is 1. The number of likely N-dealkylation sites (N-methyl/N-ethyl adjacent to an activating group) is 1. The SMILES string of the molecule is C[C@@H](O)[C@@H]1[C@H]2SC(CNc3c(F)c(N4CCN(C)CC4)c(F)c4c3c(=O)c(C(=O)O)cn4C3CC3)=C(C(=O)O)N2S1=O. The van der Waals surface area contributed by atoms with Gasteiger partial charge in [0.15, 0.2) is 11.6 Å². The summed E-state index contributed by atoms with van der Waals surface area (Å²) in [5.74, 6) is -4.95. The van der Waals surface area contributed by atoms with Crippen molar-refractivity contribution in [1.29, 1.82) is 0 Å². The van der Waals surface area contributed by atoms with Gasteiger partial charge in [0.2, 0.25) is 5.43 Å². The zero-order chi connectivity index (χ0) is 30.2. The normalized spacial score (nSPS) is 25.0. The zero-order valence-corrected chi connectivity index (χ0v) is 24.3. The molecule has 1 aromatic heterocycles. The number of piperazine rings is 1. The summed E-state index contributed by atoms with van der Waals surface area (Å²) in [4.78, 5) is 41.4. The lowest BCUT2D eigenvalue weighted by Crippen LogP contribution is -2.60. The highest BCUT2D eigenvalue weighted by atomic mass is 32.2. The van der Waals surface area contributed by atoms with Crippen LogP contribution in [0.15, 0.2) is 21.6 Å². The number of benzene rings is 1. The molecule has 0 amide bonds. The summed E-state index contributed by atoms with van der Waals surface area (Å²) in [5.41, 5.74) is -2.96. The molecule has 1 saturated carbocycles. The number of anilines is 2. The lowest BCUT2D eigenvalue weighted by molar-refractivity contribution is -0.134. The lowest BCUT2D eigenvalue weighted by Gasteiger charge is -2.43. The Morgan fingerprint density at radius 2 is 1.81 bits per heavy atom. The van der Waals surface area contributed by atoms with E-state index in [1.54, 1.807) is 4.90 Å². The summed E-state index contributed by atoms with van der Waals surface area (Å²) < 4.78 is 48.1. The number of hydrogen-bond donors (Lipinski definition) is 4. The molecule has 0 radical (unpaired) electrons. The van der Waals surface area contributed by atoms with Crippen molar-refractivity contribution >= 4 is 57.0 Å². The summed E-state index contributed by atoms with van der Waals surface area (Å²) >= 11 is 1.05. The molecule has 4 heterocycles. The molecule has 226 valence electrons. The highest BCUT2D eigenvalue weighted by Gasteiger charge is 2.57. The van der Waals surface area contributed by atoms with Crippen LogP contribution >= 0.6 is 11.8 Å². The van der Waals surface area contributed by atoms with Crippen LogP contribution in [-0.2, 0) is 15.8 Å². The molecule has 3 aliphatic heterocycles. The Morgan fingerprint density at radius 3 is 2.38 bits per heavy atom. The number of aliphatic hydroxyl groups is 1. The van der Waals surface area contributed by atoms with E-state index in [1.165, 1.54) is 15.8 Å². The maximum atomic E-state index is 16.4. The van der Waals surface area contributed by atoms with E-state index in [4.69, 9.17) is 0 Å². The van der Waals surface area contributed by atoms with E-state index in [1.807, 2.05) is 11.9 Å². The van der Waals surface area contributed by atoms with Crippen molar-refractivity contribution in [3.8, 4) is 0 Å². The second-order valence-electron chi connectivity index (χ2n) is 10.9. The van der Waals surface area contributed by atoms with E-state index in [9.17, 15) is 33.9 Å². The predicted octanol–water partition coefficient (Wildman–Crippen LogP) is 1.57. The molecule has 0 bridgehead atoms. The Kier molecular flexibility index (Phi) is 7.22. The number of aliphatic carboxylic acids is 1. The molecular formula is C26H29F2N5O7S2. The summed E-state index contributed by atoms with van der Waals surface area (Å²) in [5, 5.41) is 30.7. The standard InChI is InChI=1S/C26H29F2N5O7S2/c1-11(34)23-24-33(42(23)40)19(26(38)39)14(41-24)9-29-18-15-20(32(12-3-4-12)10-13(22(15)35)25(36)37)17(28)21(16(18)27)31-7-5-30(2)6-8-31/h10-12,23-24,29,34H,3-9H2,1-2H3,(H,36,37)(H,38,39)/t11-,23-,24-,42?/m1/s1. The Bertz CT molecular complexity index is 1640. The topological polar surface area (TPSA) is 156 Å². The molecule has 4 N–H and O–H groups in total. The van der Waals surface area contributed by atoms with E-state index < -0.39 is 73.4 Å². The first-order valence-electron chi connectivity index (χ1n) is 13.4. The summed E-state index contributed by atoms with van der Waals surface area (Å²) in [6.45, 7) is 2.83. The van der Waals surface area contributed by atoms with Gasteiger partial charge in [0.1, 0.15) is 38.6 Å². The number of carboxylic acid groups (broad SMARTS) is 2. The number of halogens is 2. The molecular weight excluding hydrogens is 596 g/mol. The van der Waals surface area contributed by atoms with Crippen molar-refractivity contribution in [2.75, 3.05) is 50.0 Å². The second-order valence-corrected chi connectivity index (χ2v) is 13.6. The number of aromatic nitrogens is 1. The van der Waals surface area contributed by atoms with Crippen LogP contribution in [-0.4, -0.2) is 102 Å². The monoisotopic (exact) mass is 625 g/mol. The van der Waals surface area contributed by atoms with Crippen LogP contribution in [0.4, 0.5) is 20.2 Å². The van der Waals surface area contributed by atoms with Crippen molar-refractivity contribution in [3.05, 3.63) is 44.2 Å². The van der Waals surface area contributed by atoms with Gasteiger partial charge in [-0.1, -0.05) is 11.8 Å². The lowest BCUT2D eigenvalue weighted by atomic mass is 10.0. The van der Waals surface area contributed by atoms with Crippen molar-refractivity contribution in [3.63, 3.8) is 0 Å². The van der Waals surface area contributed by atoms with Crippen molar-refractivity contribution in [2.24, 2.45) is 0 Å². The molecule has 2 aromatic rings. The van der Waals surface area contributed by atoms with Gasteiger partial charge >= 0.3 is 11.9 Å². The minimum atomic E-state index is -1.79. The maximum absolute atomic E-state index is 16.4. The maximum Gasteiger partial charge on any atom is 0.354 e. The first-order valence-corrected chi connectivity index (χ1v) is 15.5. The third kappa shape index (κ3) is 4.46. The van der Waals surface area contributed by atoms with Crippen LogP contribution in [0.25, 0.3) is 10.9 Å². The molecule has 1 unspecified atom stereocenters. The molecule has 4 aliphatic rings. The van der Waals surface area contributed by atoms with Gasteiger partial charge < -0.3 is 35.0 Å². The van der Waals surface area contributed by atoms with Gasteiger partial charge in [-0.15, -0.1) is 0 Å². The van der Waals surface area contributed by atoms with Gasteiger partial charge in [0.25, 0.3) is 0 Å². The summed E-state index contributed by atoms with van der Waals surface area (Å²) in [6, 6.07) is -0.262. The second kappa shape index (κ2) is 10.5. The van der Waals surface area contributed by atoms with Crippen LogP contribution in [0.3, 0.4) is 0 Å². The summed E-state index contributed by atoms with van der Waals surface area (Å²) in [6.07, 6.45) is 1.40. The predicted molar refractivity (Wildman–Crippen MR) is 153 cm³/mol.